The van der Waals surface area contributed by atoms with Crippen LogP contribution in [-0.4, -0.2) is 24.2 Å². The molecular weight excluding hydrogens is 338 g/mol. The SMILES string of the molecule is NC(=O)c1ccccc1OCC(=O)Nc1ccc(SC(F)F)cc1. The van der Waals surface area contributed by atoms with Gasteiger partial charge < -0.3 is 15.8 Å². The number of rotatable bonds is 7. The molecule has 0 fully saturated rings. The van der Waals surface area contributed by atoms with Crippen LogP contribution in [0.5, 0.6) is 5.75 Å². The minimum atomic E-state index is -2.50. The summed E-state index contributed by atoms with van der Waals surface area (Å²) in [5, 5.41) is 2.56. The Labute approximate surface area is 141 Å². The van der Waals surface area contributed by atoms with Crippen molar-refractivity contribution in [3.63, 3.8) is 0 Å². The Hall–Kier alpha value is -2.61. The Morgan fingerprint density at radius 3 is 2.42 bits per heavy atom. The number of hydrogen-bond acceptors (Lipinski definition) is 4. The number of para-hydroxylation sites is 1. The van der Waals surface area contributed by atoms with Gasteiger partial charge in [-0.05, 0) is 36.4 Å². The largest absolute Gasteiger partial charge is 0.483 e. The highest BCUT2D eigenvalue weighted by Crippen LogP contribution is 2.26. The van der Waals surface area contributed by atoms with Crippen molar-refractivity contribution in [3.8, 4) is 5.75 Å². The van der Waals surface area contributed by atoms with E-state index in [2.05, 4.69) is 5.32 Å². The van der Waals surface area contributed by atoms with E-state index < -0.39 is 17.6 Å². The van der Waals surface area contributed by atoms with Crippen LogP contribution < -0.4 is 15.8 Å². The summed E-state index contributed by atoms with van der Waals surface area (Å²) >= 11 is 0.423. The molecule has 2 rings (SSSR count). The molecule has 0 spiro atoms. The number of amides is 2. The van der Waals surface area contributed by atoms with E-state index in [4.69, 9.17) is 10.5 Å². The molecule has 0 heterocycles. The number of nitrogens with one attached hydrogen (secondary N) is 1. The van der Waals surface area contributed by atoms with Crippen molar-refractivity contribution in [2.45, 2.75) is 10.7 Å². The first-order chi connectivity index (χ1) is 11.5. The van der Waals surface area contributed by atoms with Crippen LogP contribution in [0.25, 0.3) is 0 Å². The number of ether oxygens (including phenoxy) is 1. The quantitative estimate of drug-likeness (QED) is 0.750. The van der Waals surface area contributed by atoms with Gasteiger partial charge in [0.25, 0.3) is 17.6 Å². The Morgan fingerprint density at radius 1 is 1.12 bits per heavy atom. The van der Waals surface area contributed by atoms with E-state index >= 15 is 0 Å². The van der Waals surface area contributed by atoms with Gasteiger partial charge >= 0.3 is 0 Å². The summed E-state index contributed by atoms with van der Waals surface area (Å²) < 4.78 is 29.7. The highest BCUT2D eigenvalue weighted by Gasteiger charge is 2.11. The van der Waals surface area contributed by atoms with Gasteiger partial charge in [0.2, 0.25) is 0 Å². The number of carbonyl (C=O) groups excluding carboxylic acids is 2. The Balaban J connectivity index is 1.91. The Kier molecular flexibility index (Phi) is 6.14. The lowest BCUT2D eigenvalue weighted by Gasteiger charge is -2.10. The van der Waals surface area contributed by atoms with Gasteiger partial charge in [-0.25, -0.2) is 0 Å². The summed E-state index contributed by atoms with van der Waals surface area (Å²) in [5.41, 5.74) is 5.85. The molecule has 2 aromatic carbocycles. The molecule has 126 valence electrons. The van der Waals surface area contributed by atoms with Gasteiger partial charge in [0.1, 0.15) is 5.75 Å². The van der Waals surface area contributed by atoms with E-state index in [0.29, 0.717) is 22.3 Å². The van der Waals surface area contributed by atoms with Crippen molar-refractivity contribution in [1.82, 2.24) is 0 Å². The third-order valence-electron chi connectivity index (χ3n) is 2.87. The molecule has 0 radical (unpaired) electrons. The molecule has 2 aromatic rings. The number of anilines is 1. The average Bonchev–Trinajstić information content (AvgIpc) is 2.54. The number of benzene rings is 2. The molecule has 5 nitrogen and oxygen atoms in total. The van der Waals surface area contributed by atoms with Crippen molar-refractivity contribution in [3.05, 3.63) is 54.1 Å². The zero-order valence-corrected chi connectivity index (χ0v) is 13.2. The molecular formula is C16H14F2N2O3S. The van der Waals surface area contributed by atoms with Crippen LogP contribution in [0.15, 0.2) is 53.4 Å². The number of alkyl halides is 2. The molecule has 0 unspecified atom stereocenters. The van der Waals surface area contributed by atoms with Crippen LogP contribution >= 0.6 is 11.8 Å². The predicted octanol–water partition coefficient (Wildman–Crippen LogP) is 3.12. The fourth-order valence-corrected chi connectivity index (χ4v) is 2.36. The minimum absolute atomic E-state index is 0.179. The van der Waals surface area contributed by atoms with Crippen LogP contribution in [0.2, 0.25) is 0 Å². The van der Waals surface area contributed by atoms with Crippen molar-refractivity contribution in [2.75, 3.05) is 11.9 Å². The van der Waals surface area contributed by atoms with Crippen LogP contribution in [0, 0.1) is 0 Å². The van der Waals surface area contributed by atoms with E-state index in [1.54, 1.807) is 12.1 Å². The maximum absolute atomic E-state index is 12.2. The summed E-state index contributed by atoms with van der Waals surface area (Å²) in [6, 6.07) is 12.3. The van der Waals surface area contributed by atoms with E-state index in [1.807, 2.05) is 0 Å². The van der Waals surface area contributed by atoms with Gasteiger partial charge in [-0.15, -0.1) is 0 Å². The second kappa shape index (κ2) is 8.30. The molecule has 0 bridgehead atoms. The lowest BCUT2D eigenvalue weighted by Crippen LogP contribution is -2.21. The summed E-state index contributed by atoms with van der Waals surface area (Å²) in [4.78, 5) is 23.5. The van der Waals surface area contributed by atoms with Crippen LogP contribution in [0.3, 0.4) is 0 Å². The molecule has 2 amide bonds. The number of primary amides is 1. The molecule has 3 N–H and O–H groups in total. The first kappa shape index (κ1) is 17.7. The van der Waals surface area contributed by atoms with E-state index in [1.165, 1.54) is 36.4 Å². The maximum Gasteiger partial charge on any atom is 0.288 e. The van der Waals surface area contributed by atoms with Gasteiger partial charge in [0, 0.05) is 10.6 Å². The smallest absolute Gasteiger partial charge is 0.288 e. The third-order valence-corrected chi connectivity index (χ3v) is 3.60. The van der Waals surface area contributed by atoms with Crippen molar-refractivity contribution >= 4 is 29.3 Å². The molecule has 24 heavy (non-hydrogen) atoms. The summed E-state index contributed by atoms with van der Waals surface area (Å²) in [6.07, 6.45) is 0. The Bertz CT molecular complexity index is 724. The fraction of sp³-hybridized carbons (Fsp3) is 0.125. The fourth-order valence-electron chi connectivity index (χ4n) is 1.86. The van der Waals surface area contributed by atoms with Gasteiger partial charge in [0.05, 0.1) is 5.56 Å². The maximum atomic E-state index is 12.2. The molecule has 8 heteroatoms. The summed E-state index contributed by atoms with van der Waals surface area (Å²) in [7, 11) is 0. The molecule has 0 aromatic heterocycles. The number of hydrogen-bond donors (Lipinski definition) is 2. The average molecular weight is 352 g/mol. The van der Waals surface area contributed by atoms with Gasteiger partial charge in [-0.1, -0.05) is 23.9 Å². The molecule has 0 aliphatic carbocycles. The molecule has 0 saturated carbocycles. The zero-order chi connectivity index (χ0) is 17.5. The first-order valence-electron chi connectivity index (χ1n) is 6.82. The van der Waals surface area contributed by atoms with Crippen molar-refractivity contribution in [1.29, 1.82) is 0 Å². The zero-order valence-electron chi connectivity index (χ0n) is 12.4. The van der Waals surface area contributed by atoms with Crippen LogP contribution in [-0.2, 0) is 4.79 Å². The molecule has 0 aliphatic rings. The minimum Gasteiger partial charge on any atom is -0.483 e. The number of carbonyl (C=O) groups is 2. The van der Waals surface area contributed by atoms with Crippen LogP contribution in [0.1, 0.15) is 10.4 Å². The van der Waals surface area contributed by atoms with Gasteiger partial charge in [0.15, 0.2) is 6.61 Å². The monoisotopic (exact) mass is 352 g/mol. The highest BCUT2D eigenvalue weighted by molar-refractivity contribution is 7.99. The lowest BCUT2D eigenvalue weighted by atomic mass is 10.2. The van der Waals surface area contributed by atoms with Crippen molar-refractivity contribution < 1.29 is 23.1 Å². The van der Waals surface area contributed by atoms with Crippen LogP contribution in [0.4, 0.5) is 14.5 Å². The first-order valence-corrected chi connectivity index (χ1v) is 7.70. The van der Waals surface area contributed by atoms with Gasteiger partial charge in [-0.3, -0.25) is 9.59 Å². The topological polar surface area (TPSA) is 81.4 Å². The number of thioether (sulfide) groups is 1. The Morgan fingerprint density at radius 2 is 1.79 bits per heavy atom. The summed E-state index contributed by atoms with van der Waals surface area (Å²) in [5.74, 6) is -3.39. The van der Waals surface area contributed by atoms with E-state index in [0.717, 1.165) is 0 Å². The molecule has 0 aliphatic heterocycles. The normalized spacial score (nSPS) is 10.5. The molecule has 0 saturated heterocycles. The number of nitrogens with two attached hydrogens (primary N) is 1. The number of halogens is 2. The third kappa shape index (κ3) is 5.24. The summed E-state index contributed by atoms with van der Waals surface area (Å²) in [6.45, 7) is -0.322. The molecule has 0 atom stereocenters. The predicted molar refractivity (Wildman–Crippen MR) is 87.4 cm³/mol. The second-order valence-electron chi connectivity index (χ2n) is 4.60. The van der Waals surface area contributed by atoms with E-state index in [-0.39, 0.29) is 17.9 Å². The standard InChI is InChI=1S/C16H14F2N2O3S/c17-16(18)24-11-7-5-10(6-8-11)20-14(21)9-23-13-4-2-1-3-12(13)15(19)22/h1-8,16H,9H2,(H2,19,22)(H,20,21). The van der Waals surface area contributed by atoms with Gasteiger partial charge in [-0.2, -0.15) is 8.78 Å². The highest BCUT2D eigenvalue weighted by atomic mass is 32.2. The lowest BCUT2D eigenvalue weighted by molar-refractivity contribution is -0.118. The van der Waals surface area contributed by atoms with E-state index in [9.17, 15) is 18.4 Å². The van der Waals surface area contributed by atoms with Crippen molar-refractivity contribution in [2.24, 2.45) is 5.73 Å². The second-order valence-corrected chi connectivity index (χ2v) is 5.66.